The molecule has 0 aliphatic carbocycles. The smallest absolute Gasteiger partial charge is 0.251 e. The van der Waals surface area contributed by atoms with E-state index in [9.17, 15) is 4.79 Å². The van der Waals surface area contributed by atoms with Gasteiger partial charge in [0.2, 0.25) is 5.88 Å². The van der Waals surface area contributed by atoms with Crippen molar-refractivity contribution in [3.8, 4) is 5.88 Å². The van der Waals surface area contributed by atoms with Crippen LogP contribution in [0.5, 0.6) is 5.88 Å². The highest BCUT2D eigenvalue weighted by Crippen LogP contribution is 2.10. The average Bonchev–Trinajstić information content (AvgIpc) is 2.27. The molecule has 0 saturated heterocycles. The third kappa shape index (κ3) is 5.14. The number of carbonyl (C=O) groups excluding carboxylic acids is 1. The first-order chi connectivity index (χ1) is 8.42. The van der Waals surface area contributed by atoms with Crippen LogP contribution in [0.4, 0.5) is 0 Å². The molecule has 1 heterocycles. The van der Waals surface area contributed by atoms with E-state index in [1.807, 2.05) is 20.8 Å². The Bertz CT molecular complexity index is 399. The molecule has 0 aromatic carbocycles. The minimum atomic E-state index is -0.266. The standard InChI is InChI=1S/C13H20N2O3/c1-13(2,3)15-12(16)10-5-6-14-11(9-10)18-8-7-17-4/h5-6,9H,7-8H2,1-4H3,(H,15,16). The molecule has 18 heavy (non-hydrogen) atoms. The summed E-state index contributed by atoms with van der Waals surface area (Å²) < 4.78 is 10.2. The van der Waals surface area contributed by atoms with Crippen LogP contribution in [-0.2, 0) is 4.74 Å². The van der Waals surface area contributed by atoms with Crippen molar-refractivity contribution >= 4 is 5.91 Å². The monoisotopic (exact) mass is 252 g/mol. The molecule has 1 amide bonds. The third-order valence-corrected chi connectivity index (χ3v) is 2.02. The molecule has 0 unspecified atom stereocenters. The van der Waals surface area contributed by atoms with Crippen LogP contribution in [0.25, 0.3) is 0 Å². The van der Waals surface area contributed by atoms with Gasteiger partial charge in [-0.25, -0.2) is 4.98 Å². The van der Waals surface area contributed by atoms with Crippen molar-refractivity contribution in [2.24, 2.45) is 0 Å². The Labute approximate surface area is 108 Å². The number of pyridine rings is 1. The highest BCUT2D eigenvalue weighted by atomic mass is 16.5. The highest BCUT2D eigenvalue weighted by molar-refractivity contribution is 5.94. The summed E-state index contributed by atoms with van der Waals surface area (Å²) in [6.07, 6.45) is 1.56. The van der Waals surface area contributed by atoms with Crippen LogP contribution in [0.1, 0.15) is 31.1 Å². The lowest BCUT2D eigenvalue weighted by Crippen LogP contribution is -2.40. The van der Waals surface area contributed by atoms with Gasteiger partial charge >= 0.3 is 0 Å². The minimum Gasteiger partial charge on any atom is -0.475 e. The second-order valence-corrected chi connectivity index (χ2v) is 4.93. The summed E-state index contributed by atoms with van der Waals surface area (Å²) in [5, 5.41) is 2.88. The van der Waals surface area contributed by atoms with E-state index < -0.39 is 0 Å². The highest BCUT2D eigenvalue weighted by Gasteiger charge is 2.15. The number of methoxy groups -OCH3 is 1. The molecule has 0 aliphatic rings. The maximum absolute atomic E-state index is 11.9. The number of amides is 1. The molecule has 0 aliphatic heterocycles. The van der Waals surface area contributed by atoms with Crippen molar-refractivity contribution in [3.05, 3.63) is 23.9 Å². The van der Waals surface area contributed by atoms with Crippen LogP contribution in [0, 0.1) is 0 Å². The molecule has 0 fully saturated rings. The van der Waals surface area contributed by atoms with Gasteiger partial charge in [0, 0.05) is 30.5 Å². The van der Waals surface area contributed by atoms with Gasteiger partial charge in [0.15, 0.2) is 0 Å². The maximum Gasteiger partial charge on any atom is 0.251 e. The summed E-state index contributed by atoms with van der Waals surface area (Å²) in [5.41, 5.74) is 0.268. The molecule has 1 aromatic heterocycles. The van der Waals surface area contributed by atoms with Crippen LogP contribution in [0.3, 0.4) is 0 Å². The Hall–Kier alpha value is -1.62. The molecule has 5 nitrogen and oxygen atoms in total. The maximum atomic E-state index is 11.9. The third-order valence-electron chi connectivity index (χ3n) is 2.02. The fraction of sp³-hybridized carbons (Fsp3) is 0.538. The predicted octanol–water partition coefficient (Wildman–Crippen LogP) is 1.64. The molecule has 100 valence electrons. The molecule has 1 aromatic rings. The number of hydrogen-bond donors (Lipinski definition) is 1. The Morgan fingerprint density at radius 3 is 2.72 bits per heavy atom. The molecule has 1 rings (SSSR count). The van der Waals surface area contributed by atoms with Gasteiger partial charge in [0.1, 0.15) is 6.61 Å². The summed E-state index contributed by atoms with van der Waals surface area (Å²) in [6, 6.07) is 3.28. The van der Waals surface area contributed by atoms with Gasteiger partial charge in [-0.15, -0.1) is 0 Å². The summed E-state index contributed by atoms with van der Waals surface area (Å²) in [5.74, 6) is 0.287. The fourth-order valence-corrected chi connectivity index (χ4v) is 1.27. The number of nitrogens with one attached hydrogen (secondary N) is 1. The van der Waals surface area contributed by atoms with E-state index in [2.05, 4.69) is 10.3 Å². The quantitative estimate of drug-likeness (QED) is 0.809. The Morgan fingerprint density at radius 2 is 2.11 bits per heavy atom. The topological polar surface area (TPSA) is 60.5 Å². The lowest BCUT2D eigenvalue weighted by Gasteiger charge is -2.20. The summed E-state index contributed by atoms with van der Waals surface area (Å²) in [7, 11) is 1.60. The van der Waals surface area contributed by atoms with E-state index in [4.69, 9.17) is 9.47 Å². The molecule has 0 saturated carbocycles. The van der Waals surface area contributed by atoms with E-state index in [0.717, 1.165) is 0 Å². The molecular formula is C13H20N2O3. The van der Waals surface area contributed by atoms with Crippen LogP contribution in [0.15, 0.2) is 18.3 Å². The van der Waals surface area contributed by atoms with Gasteiger partial charge in [0.05, 0.1) is 6.61 Å². The Morgan fingerprint density at radius 1 is 1.39 bits per heavy atom. The van der Waals surface area contributed by atoms with E-state index in [0.29, 0.717) is 24.7 Å². The molecule has 0 bridgehead atoms. The van der Waals surface area contributed by atoms with Gasteiger partial charge in [-0.1, -0.05) is 0 Å². The largest absolute Gasteiger partial charge is 0.475 e. The number of ether oxygens (including phenoxy) is 2. The first-order valence-electron chi connectivity index (χ1n) is 5.83. The SMILES string of the molecule is COCCOc1cc(C(=O)NC(C)(C)C)ccn1. The zero-order valence-corrected chi connectivity index (χ0v) is 11.3. The van der Waals surface area contributed by atoms with Crippen molar-refractivity contribution in [1.82, 2.24) is 10.3 Å². The Balaban J connectivity index is 2.66. The van der Waals surface area contributed by atoms with Gasteiger partial charge in [-0.2, -0.15) is 0 Å². The van der Waals surface area contributed by atoms with Crippen molar-refractivity contribution in [2.75, 3.05) is 20.3 Å². The minimum absolute atomic E-state index is 0.138. The van der Waals surface area contributed by atoms with E-state index in [1.54, 1.807) is 25.4 Å². The number of hydrogen-bond acceptors (Lipinski definition) is 4. The first kappa shape index (κ1) is 14.4. The van der Waals surface area contributed by atoms with Gasteiger partial charge in [-0.05, 0) is 26.8 Å². The van der Waals surface area contributed by atoms with E-state index in [1.165, 1.54) is 0 Å². The summed E-state index contributed by atoms with van der Waals surface area (Å²) in [4.78, 5) is 16.0. The predicted molar refractivity (Wildman–Crippen MR) is 68.8 cm³/mol. The van der Waals surface area contributed by atoms with Crippen LogP contribution in [0.2, 0.25) is 0 Å². The normalized spacial score (nSPS) is 11.1. The van der Waals surface area contributed by atoms with Crippen molar-refractivity contribution in [1.29, 1.82) is 0 Å². The van der Waals surface area contributed by atoms with Gasteiger partial charge in [-0.3, -0.25) is 4.79 Å². The van der Waals surface area contributed by atoms with Crippen LogP contribution >= 0.6 is 0 Å². The van der Waals surface area contributed by atoms with Crippen molar-refractivity contribution in [3.63, 3.8) is 0 Å². The molecule has 5 heteroatoms. The van der Waals surface area contributed by atoms with Crippen molar-refractivity contribution in [2.45, 2.75) is 26.3 Å². The van der Waals surface area contributed by atoms with Crippen molar-refractivity contribution < 1.29 is 14.3 Å². The van der Waals surface area contributed by atoms with Crippen LogP contribution in [-0.4, -0.2) is 36.8 Å². The molecule has 1 N–H and O–H groups in total. The molecule has 0 atom stereocenters. The van der Waals surface area contributed by atoms with E-state index in [-0.39, 0.29) is 11.4 Å². The summed E-state index contributed by atoms with van der Waals surface area (Å²) >= 11 is 0. The molecular weight excluding hydrogens is 232 g/mol. The lowest BCUT2D eigenvalue weighted by molar-refractivity contribution is 0.0918. The van der Waals surface area contributed by atoms with E-state index >= 15 is 0 Å². The zero-order valence-electron chi connectivity index (χ0n) is 11.3. The Kier molecular flexibility index (Phi) is 5.09. The number of rotatable bonds is 5. The lowest BCUT2D eigenvalue weighted by atomic mass is 10.1. The van der Waals surface area contributed by atoms with Gasteiger partial charge < -0.3 is 14.8 Å². The zero-order chi connectivity index (χ0) is 13.6. The molecule has 0 spiro atoms. The fourth-order valence-electron chi connectivity index (χ4n) is 1.27. The number of carbonyl (C=O) groups is 1. The average molecular weight is 252 g/mol. The van der Waals surface area contributed by atoms with Gasteiger partial charge in [0.25, 0.3) is 5.91 Å². The number of nitrogens with zero attached hydrogens (tertiary/aromatic N) is 1. The second kappa shape index (κ2) is 6.35. The van der Waals surface area contributed by atoms with Crippen LogP contribution < -0.4 is 10.1 Å². The number of aromatic nitrogens is 1. The molecule has 0 radical (unpaired) electrons. The first-order valence-corrected chi connectivity index (χ1v) is 5.83. The second-order valence-electron chi connectivity index (χ2n) is 4.93. The summed E-state index contributed by atoms with van der Waals surface area (Å²) in [6.45, 7) is 6.69.